The van der Waals surface area contributed by atoms with Crippen LogP contribution in [0.25, 0.3) is 0 Å². The van der Waals surface area contributed by atoms with Crippen LogP contribution in [0.15, 0.2) is 48.5 Å². The lowest BCUT2D eigenvalue weighted by atomic mass is 10.1. The number of hydrogen-bond donors (Lipinski definition) is 1. The summed E-state index contributed by atoms with van der Waals surface area (Å²) < 4.78 is 10.3. The zero-order valence-corrected chi connectivity index (χ0v) is 15.3. The molecule has 5 heteroatoms. The molecule has 0 radical (unpaired) electrons. The van der Waals surface area contributed by atoms with Crippen molar-refractivity contribution in [2.75, 3.05) is 21.3 Å². The monoisotopic (exact) mass is 342 g/mol. The quantitative estimate of drug-likeness (QED) is 0.801. The molecule has 1 atom stereocenters. The summed E-state index contributed by atoms with van der Waals surface area (Å²) in [6.07, 6.45) is 0. The second kappa shape index (κ2) is 9.08. The lowest BCUT2D eigenvalue weighted by molar-refractivity contribution is -0.125. The lowest BCUT2D eigenvalue weighted by Gasteiger charge is -2.24. The molecule has 2 aromatic carbocycles. The molecule has 5 nitrogen and oxygen atoms in total. The van der Waals surface area contributed by atoms with Gasteiger partial charge in [-0.05, 0) is 49.4 Å². The first-order chi connectivity index (χ1) is 12.0. The summed E-state index contributed by atoms with van der Waals surface area (Å²) in [6.45, 7) is 3.11. The van der Waals surface area contributed by atoms with E-state index >= 15 is 0 Å². The van der Waals surface area contributed by atoms with Crippen molar-refractivity contribution in [3.63, 3.8) is 0 Å². The molecule has 2 rings (SSSR count). The van der Waals surface area contributed by atoms with Gasteiger partial charge in [0.05, 0.1) is 20.3 Å². The summed E-state index contributed by atoms with van der Waals surface area (Å²) in [6, 6.07) is 15.3. The highest BCUT2D eigenvalue weighted by Gasteiger charge is 2.17. The number of amides is 1. The predicted molar refractivity (Wildman–Crippen MR) is 98.8 cm³/mol. The molecule has 0 saturated carbocycles. The summed E-state index contributed by atoms with van der Waals surface area (Å²) in [5.41, 5.74) is 2.18. The Morgan fingerprint density at radius 2 is 1.44 bits per heavy atom. The van der Waals surface area contributed by atoms with Crippen LogP contribution in [0.4, 0.5) is 0 Å². The van der Waals surface area contributed by atoms with Crippen molar-refractivity contribution in [1.82, 2.24) is 10.2 Å². The zero-order chi connectivity index (χ0) is 18.2. The van der Waals surface area contributed by atoms with Gasteiger partial charge < -0.3 is 14.8 Å². The Bertz CT molecular complexity index is 668. The Morgan fingerprint density at radius 1 is 0.960 bits per heavy atom. The van der Waals surface area contributed by atoms with Gasteiger partial charge in [0.1, 0.15) is 11.5 Å². The van der Waals surface area contributed by atoms with Crippen LogP contribution in [-0.2, 0) is 17.9 Å². The van der Waals surface area contributed by atoms with E-state index < -0.39 is 0 Å². The van der Waals surface area contributed by atoms with E-state index in [1.54, 1.807) is 14.2 Å². The van der Waals surface area contributed by atoms with E-state index in [1.807, 2.05) is 67.4 Å². The van der Waals surface area contributed by atoms with Gasteiger partial charge >= 0.3 is 0 Å². The third-order valence-electron chi connectivity index (χ3n) is 4.26. The van der Waals surface area contributed by atoms with E-state index in [0.29, 0.717) is 13.1 Å². The number of rotatable bonds is 8. The van der Waals surface area contributed by atoms with Gasteiger partial charge in [-0.3, -0.25) is 9.69 Å². The minimum Gasteiger partial charge on any atom is -0.497 e. The highest BCUT2D eigenvalue weighted by atomic mass is 16.5. The SMILES string of the molecule is COc1ccc(CNC(=O)C(C)N(C)Cc2ccc(OC)cc2)cc1. The van der Waals surface area contributed by atoms with Gasteiger partial charge in [-0.15, -0.1) is 0 Å². The molecule has 0 bridgehead atoms. The van der Waals surface area contributed by atoms with Gasteiger partial charge in [-0.1, -0.05) is 24.3 Å². The van der Waals surface area contributed by atoms with Crippen LogP contribution in [0.2, 0.25) is 0 Å². The van der Waals surface area contributed by atoms with Gasteiger partial charge in [0, 0.05) is 13.1 Å². The molecule has 0 fully saturated rings. The molecule has 0 aliphatic carbocycles. The summed E-state index contributed by atoms with van der Waals surface area (Å²) in [5.74, 6) is 1.64. The fraction of sp³-hybridized carbons (Fsp3) is 0.350. The topological polar surface area (TPSA) is 50.8 Å². The average Bonchev–Trinajstić information content (AvgIpc) is 2.66. The van der Waals surface area contributed by atoms with Gasteiger partial charge in [0.15, 0.2) is 0 Å². The molecule has 1 N–H and O–H groups in total. The van der Waals surface area contributed by atoms with Crippen molar-refractivity contribution in [3.05, 3.63) is 59.7 Å². The number of ether oxygens (including phenoxy) is 2. The summed E-state index contributed by atoms with van der Waals surface area (Å²) in [4.78, 5) is 14.4. The fourth-order valence-electron chi connectivity index (χ4n) is 2.44. The van der Waals surface area contributed by atoms with Crippen LogP contribution in [-0.4, -0.2) is 38.1 Å². The summed E-state index contributed by atoms with van der Waals surface area (Å²) >= 11 is 0. The first-order valence-corrected chi connectivity index (χ1v) is 8.27. The highest BCUT2D eigenvalue weighted by Crippen LogP contribution is 2.14. The minimum atomic E-state index is -0.222. The second-order valence-electron chi connectivity index (χ2n) is 6.01. The molecule has 0 aromatic heterocycles. The molecule has 0 saturated heterocycles. The zero-order valence-electron chi connectivity index (χ0n) is 15.3. The average molecular weight is 342 g/mol. The minimum absolute atomic E-state index is 0.00632. The number of nitrogens with one attached hydrogen (secondary N) is 1. The van der Waals surface area contributed by atoms with Crippen molar-refractivity contribution in [2.24, 2.45) is 0 Å². The molecule has 0 aliphatic rings. The molecule has 1 unspecified atom stereocenters. The Morgan fingerprint density at radius 3 is 1.92 bits per heavy atom. The Balaban J connectivity index is 1.84. The Kier molecular flexibility index (Phi) is 6.83. The van der Waals surface area contributed by atoms with Crippen molar-refractivity contribution in [3.8, 4) is 11.5 Å². The van der Waals surface area contributed by atoms with E-state index in [4.69, 9.17) is 9.47 Å². The number of carbonyl (C=O) groups is 1. The van der Waals surface area contributed by atoms with E-state index in [2.05, 4.69) is 5.32 Å². The summed E-state index contributed by atoms with van der Waals surface area (Å²) in [7, 11) is 5.23. The molecule has 0 heterocycles. The van der Waals surface area contributed by atoms with Crippen LogP contribution in [0, 0.1) is 0 Å². The smallest absolute Gasteiger partial charge is 0.237 e. The molecular weight excluding hydrogens is 316 g/mol. The largest absolute Gasteiger partial charge is 0.497 e. The van der Waals surface area contributed by atoms with Crippen LogP contribution < -0.4 is 14.8 Å². The summed E-state index contributed by atoms with van der Waals surface area (Å²) in [5, 5.41) is 2.98. The van der Waals surface area contributed by atoms with Crippen LogP contribution in [0.3, 0.4) is 0 Å². The van der Waals surface area contributed by atoms with E-state index in [1.165, 1.54) is 0 Å². The number of methoxy groups -OCH3 is 2. The lowest BCUT2D eigenvalue weighted by Crippen LogP contribution is -2.42. The van der Waals surface area contributed by atoms with Crippen LogP contribution in [0.1, 0.15) is 18.1 Å². The third kappa shape index (κ3) is 5.50. The molecule has 25 heavy (non-hydrogen) atoms. The van der Waals surface area contributed by atoms with Gasteiger partial charge in [-0.25, -0.2) is 0 Å². The normalized spacial score (nSPS) is 11.9. The predicted octanol–water partition coefficient (Wildman–Crippen LogP) is 2.84. The standard InChI is InChI=1S/C20H26N2O3/c1-15(22(2)14-17-7-11-19(25-4)12-8-17)20(23)21-13-16-5-9-18(24-3)10-6-16/h5-12,15H,13-14H2,1-4H3,(H,21,23). The van der Waals surface area contributed by atoms with Crippen molar-refractivity contribution in [2.45, 2.75) is 26.1 Å². The van der Waals surface area contributed by atoms with Gasteiger partial charge in [-0.2, -0.15) is 0 Å². The first kappa shape index (κ1) is 18.8. The fourth-order valence-corrected chi connectivity index (χ4v) is 2.44. The van der Waals surface area contributed by atoms with E-state index in [0.717, 1.165) is 22.6 Å². The number of benzene rings is 2. The first-order valence-electron chi connectivity index (χ1n) is 8.27. The molecule has 2 aromatic rings. The maximum absolute atomic E-state index is 12.4. The Hall–Kier alpha value is -2.53. The van der Waals surface area contributed by atoms with Gasteiger partial charge in [0.25, 0.3) is 0 Å². The highest BCUT2D eigenvalue weighted by molar-refractivity contribution is 5.81. The van der Waals surface area contributed by atoms with Crippen molar-refractivity contribution in [1.29, 1.82) is 0 Å². The van der Waals surface area contributed by atoms with Crippen LogP contribution >= 0.6 is 0 Å². The maximum atomic E-state index is 12.4. The molecular formula is C20H26N2O3. The molecule has 0 aliphatic heterocycles. The van der Waals surface area contributed by atoms with Crippen LogP contribution in [0.5, 0.6) is 11.5 Å². The number of carbonyl (C=O) groups excluding carboxylic acids is 1. The Labute approximate surface area is 149 Å². The number of nitrogens with zero attached hydrogens (tertiary/aromatic N) is 1. The molecule has 1 amide bonds. The van der Waals surface area contributed by atoms with Gasteiger partial charge in [0.2, 0.25) is 5.91 Å². The molecule has 134 valence electrons. The number of likely N-dealkylation sites (N-methyl/N-ethyl adjacent to an activating group) is 1. The van der Waals surface area contributed by atoms with E-state index in [9.17, 15) is 4.79 Å². The number of hydrogen-bond acceptors (Lipinski definition) is 4. The van der Waals surface area contributed by atoms with Crippen molar-refractivity contribution >= 4 is 5.91 Å². The van der Waals surface area contributed by atoms with Crippen molar-refractivity contribution < 1.29 is 14.3 Å². The maximum Gasteiger partial charge on any atom is 0.237 e. The second-order valence-corrected chi connectivity index (χ2v) is 6.01. The third-order valence-corrected chi connectivity index (χ3v) is 4.26. The molecule has 0 spiro atoms. The van der Waals surface area contributed by atoms with E-state index in [-0.39, 0.29) is 11.9 Å².